The Balaban J connectivity index is 1.20. The Morgan fingerprint density at radius 3 is 1.27 bits per heavy atom. The molecule has 5 heterocycles. The van der Waals surface area contributed by atoms with E-state index in [9.17, 15) is 86.2 Å². The Morgan fingerprint density at radius 2 is 0.771 bits per heavy atom. The molecule has 5 aliphatic rings. The molecular formula is C76H138N2O27. The number of carbonyl (C=O) groups is 2. The minimum absolute atomic E-state index is 0.188. The molecule has 614 valence electrons. The number of aliphatic hydroxyl groups is 15. The molecule has 0 aromatic heterocycles. The van der Waals surface area contributed by atoms with Crippen molar-refractivity contribution in [3.63, 3.8) is 0 Å². The first-order chi connectivity index (χ1) is 50.7. The quantitative estimate of drug-likeness (QED) is 0.0306. The Bertz CT molecular complexity index is 2320. The van der Waals surface area contributed by atoms with Gasteiger partial charge < -0.3 is 135 Å². The molecule has 27 atom stereocenters. The summed E-state index contributed by atoms with van der Waals surface area (Å²) < 4.78 is 59.8. The number of allylic oxidation sites excluding steroid dienone is 3. The second kappa shape index (κ2) is 52.6. The van der Waals surface area contributed by atoms with Crippen LogP contribution in [0.25, 0.3) is 0 Å². The molecule has 10 unspecified atom stereocenters. The summed E-state index contributed by atoms with van der Waals surface area (Å²) in [6.45, 7) is 2.59. The van der Waals surface area contributed by atoms with Gasteiger partial charge in [-0.1, -0.05) is 205 Å². The number of hydrogen-bond acceptors (Lipinski definition) is 27. The van der Waals surface area contributed by atoms with Crippen molar-refractivity contribution < 1.29 is 134 Å². The van der Waals surface area contributed by atoms with Gasteiger partial charge in [-0.25, -0.2) is 0 Å². The van der Waals surface area contributed by atoms with Crippen LogP contribution in [0.15, 0.2) is 24.3 Å². The van der Waals surface area contributed by atoms with Crippen LogP contribution in [0.2, 0.25) is 0 Å². The molecule has 2 amide bonds. The molecule has 5 fully saturated rings. The van der Waals surface area contributed by atoms with Gasteiger partial charge in [-0.05, 0) is 51.9 Å². The SMILES string of the molecule is CCCCCCCC/C=C\CCCCCCCCCCCCCCCC(=O)N[C@@H](CO[C@@H]1OC(CO)[C@@H](O[C@@H]2OC(CO)[C@H](O)[C@H](O[C@@H]3OC(CO)[C@@H](O[C@@H]4OC(CO)[C@H](O)[C@H](O)C4O)[C@H](O[C@H]4OC(C)[C@@H](O)C(O)[C@@H]4O)C3NC(C)=O)C2O)[C@H](O)C1O)[C@H](O)/C=C/CCCCCCCCCCCCC. The molecule has 5 rings (SSSR count). The lowest BCUT2D eigenvalue weighted by molar-refractivity contribution is -0.392. The number of aliphatic hydroxyl groups excluding tert-OH is 15. The summed E-state index contributed by atoms with van der Waals surface area (Å²) in [5.74, 6) is -1.17. The fraction of sp³-hybridized carbons (Fsp3) is 0.921. The highest BCUT2D eigenvalue weighted by Gasteiger charge is 2.58. The first-order valence-electron chi connectivity index (χ1n) is 40.0. The molecule has 105 heavy (non-hydrogen) atoms. The highest BCUT2D eigenvalue weighted by molar-refractivity contribution is 5.76. The van der Waals surface area contributed by atoms with Gasteiger partial charge in [0.15, 0.2) is 31.5 Å². The van der Waals surface area contributed by atoms with E-state index in [2.05, 4.69) is 36.6 Å². The summed E-state index contributed by atoms with van der Waals surface area (Å²) in [4.78, 5) is 26.7. The molecule has 5 saturated heterocycles. The van der Waals surface area contributed by atoms with E-state index in [1.54, 1.807) is 6.08 Å². The van der Waals surface area contributed by atoms with Gasteiger partial charge in [0.05, 0.1) is 51.3 Å². The second-order valence-corrected chi connectivity index (χ2v) is 29.6. The number of unbranched alkanes of at least 4 members (excludes halogenated alkanes) is 30. The van der Waals surface area contributed by atoms with E-state index >= 15 is 0 Å². The Labute approximate surface area is 622 Å². The van der Waals surface area contributed by atoms with Crippen LogP contribution < -0.4 is 10.6 Å². The maximum atomic E-state index is 13.6. The summed E-state index contributed by atoms with van der Waals surface area (Å²) in [5, 5.41) is 171. The zero-order valence-corrected chi connectivity index (χ0v) is 63.1. The number of amides is 2. The topological polar surface area (TPSA) is 454 Å². The van der Waals surface area contributed by atoms with Crippen LogP contribution in [-0.4, -0.2) is 287 Å². The van der Waals surface area contributed by atoms with Gasteiger partial charge in [0.2, 0.25) is 11.8 Å². The van der Waals surface area contributed by atoms with E-state index in [0.29, 0.717) is 12.8 Å². The smallest absolute Gasteiger partial charge is 0.220 e. The lowest BCUT2D eigenvalue weighted by Crippen LogP contribution is -2.71. The zero-order valence-electron chi connectivity index (χ0n) is 63.1. The van der Waals surface area contributed by atoms with Crippen LogP contribution in [-0.2, 0) is 57.0 Å². The summed E-state index contributed by atoms with van der Waals surface area (Å²) >= 11 is 0. The molecule has 5 aliphatic heterocycles. The van der Waals surface area contributed by atoms with Crippen molar-refractivity contribution in [3.05, 3.63) is 24.3 Å². The van der Waals surface area contributed by atoms with Crippen molar-refractivity contribution in [2.75, 3.05) is 33.0 Å². The van der Waals surface area contributed by atoms with E-state index in [1.807, 2.05) is 6.08 Å². The average Bonchev–Trinajstić information content (AvgIpc) is 0.765. The fourth-order valence-electron chi connectivity index (χ4n) is 14.3. The van der Waals surface area contributed by atoms with Crippen LogP contribution in [0.4, 0.5) is 0 Å². The molecule has 0 aromatic rings. The monoisotopic (exact) mass is 1510 g/mol. The third kappa shape index (κ3) is 31.5. The molecule has 0 aliphatic carbocycles. The lowest BCUT2D eigenvalue weighted by Gasteiger charge is -2.51. The van der Waals surface area contributed by atoms with Gasteiger partial charge in [-0.2, -0.15) is 0 Å². The van der Waals surface area contributed by atoms with Crippen molar-refractivity contribution in [2.45, 2.75) is 412 Å². The fourth-order valence-corrected chi connectivity index (χ4v) is 14.3. The second-order valence-electron chi connectivity index (χ2n) is 29.6. The van der Waals surface area contributed by atoms with Crippen LogP contribution >= 0.6 is 0 Å². The van der Waals surface area contributed by atoms with Crippen LogP contribution in [0.5, 0.6) is 0 Å². The molecule has 29 nitrogen and oxygen atoms in total. The lowest BCUT2D eigenvalue weighted by atomic mass is 9.93. The summed E-state index contributed by atoms with van der Waals surface area (Å²) in [6, 6.07) is -2.83. The molecule has 0 aromatic carbocycles. The first kappa shape index (κ1) is 93.0. The normalized spacial score (nSPS) is 34.6. The van der Waals surface area contributed by atoms with E-state index in [-0.39, 0.29) is 12.3 Å². The third-order valence-corrected chi connectivity index (χ3v) is 20.8. The van der Waals surface area contributed by atoms with Gasteiger partial charge in [-0.3, -0.25) is 9.59 Å². The minimum Gasteiger partial charge on any atom is -0.394 e. The molecular weight excluding hydrogens is 1370 g/mol. The Morgan fingerprint density at radius 1 is 0.390 bits per heavy atom. The maximum Gasteiger partial charge on any atom is 0.220 e. The van der Waals surface area contributed by atoms with Crippen molar-refractivity contribution in [1.29, 1.82) is 0 Å². The summed E-state index contributed by atoms with van der Waals surface area (Å²) in [5.41, 5.74) is 0. The third-order valence-electron chi connectivity index (χ3n) is 20.8. The highest BCUT2D eigenvalue weighted by atomic mass is 16.8. The Kier molecular flexibility index (Phi) is 46.6. The maximum absolute atomic E-state index is 13.6. The average molecular weight is 1510 g/mol. The predicted octanol–water partition coefficient (Wildman–Crippen LogP) is 3.53. The molecule has 17 N–H and O–H groups in total. The van der Waals surface area contributed by atoms with Crippen molar-refractivity contribution in [3.8, 4) is 0 Å². The molecule has 0 bridgehead atoms. The van der Waals surface area contributed by atoms with Gasteiger partial charge in [-0.15, -0.1) is 0 Å². The standard InChI is InChI=1S/C76H138N2O27/c1-5-7-9-11-13-15-17-19-20-21-22-23-24-25-26-27-28-30-32-34-36-38-40-42-56(85)78-50(51(84)41-39-37-35-33-31-29-18-16-14-12-10-8-6-2)47-96-73-66(94)63(91)68(54(45-81)101-73)102-76-67(95)71(60(88)53(44-80)99-76)105-72-57(77-49(4)83)70(104-74-64(92)61(89)58(86)48(3)97-74)69(55(46-82)100-72)103-75-65(93)62(90)59(87)52(43-79)98-75/h19-20,39,41,48,50-55,57-76,79-82,84,86-95H,5-18,21-38,40,42-47H2,1-4H3,(H,77,83)(H,78,85)/b20-19-,41-39+/t48?,50-,51+,52?,53?,54?,55?,57?,58+,59-,60-,61?,62-,63+,64-,65?,66?,67?,68+,69+,70+,71-,72-,73+,74+,75-,76-/m0/s1. The van der Waals surface area contributed by atoms with Crippen molar-refractivity contribution >= 4 is 11.8 Å². The number of nitrogens with one attached hydrogen (secondary N) is 2. The van der Waals surface area contributed by atoms with Gasteiger partial charge >= 0.3 is 0 Å². The molecule has 29 heteroatoms. The molecule has 0 radical (unpaired) electrons. The summed E-state index contributed by atoms with van der Waals surface area (Å²) in [7, 11) is 0. The number of hydrogen-bond donors (Lipinski definition) is 17. The predicted molar refractivity (Wildman–Crippen MR) is 385 cm³/mol. The van der Waals surface area contributed by atoms with Crippen LogP contribution in [0.1, 0.15) is 246 Å². The molecule has 0 spiro atoms. The van der Waals surface area contributed by atoms with Crippen LogP contribution in [0.3, 0.4) is 0 Å². The largest absolute Gasteiger partial charge is 0.394 e. The van der Waals surface area contributed by atoms with E-state index in [0.717, 1.165) is 58.3 Å². The highest BCUT2D eigenvalue weighted by Crippen LogP contribution is 2.38. The minimum atomic E-state index is -2.19. The number of ether oxygens (including phenoxy) is 10. The van der Waals surface area contributed by atoms with Crippen molar-refractivity contribution in [2.24, 2.45) is 0 Å². The van der Waals surface area contributed by atoms with E-state index in [1.165, 1.54) is 155 Å². The van der Waals surface area contributed by atoms with E-state index < -0.39 is 205 Å². The first-order valence-corrected chi connectivity index (χ1v) is 40.0. The summed E-state index contributed by atoms with van der Waals surface area (Å²) in [6.07, 6.45) is 1.59. The number of carbonyl (C=O) groups excluding carboxylic acids is 2. The van der Waals surface area contributed by atoms with Crippen molar-refractivity contribution in [1.82, 2.24) is 10.6 Å². The van der Waals surface area contributed by atoms with Crippen LogP contribution in [0, 0.1) is 0 Å². The Hall–Kier alpha value is -2.58. The number of rotatable bonds is 54. The van der Waals surface area contributed by atoms with Gasteiger partial charge in [0.25, 0.3) is 0 Å². The van der Waals surface area contributed by atoms with E-state index in [4.69, 9.17) is 47.4 Å². The molecule has 0 saturated carbocycles. The van der Waals surface area contributed by atoms with Gasteiger partial charge in [0.1, 0.15) is 116 Å². The zero-order chi connectivity index (χ0) is 76.6. The van der Waals surface area contributed by atoms with Gasteiger partial charge in [0, 0.05) is 13.3 Å².